The molecule has 1 saturated carbocycles. The van der Waals surface area contributed by atoms with E-state index in [1.165, 1.54) is 32.1 Å². The van der Waals surface area contributed by atoms with Crippen LogP contribution in [-0.4, -0.2) is 21.7 Å². The van der Waals surface area contributed by atoms with E-state index in [1.807, 2.05) is 66.3 Å². The molecule has 1 aromatic heterocycles. The summed E-state index contributed by atoms with van der Waals surface area (Å²) < 4.78 is 1.87. The average molecular weight is 407 g/mol. The van der Waals surface area contributed by atoms with Gasteiger partial charge in [0.05, 0.1) is 6.04 Å². The number of benzene rings is 2. The van der Waals surface area contributed by atoms with E-state index < -0.39 is 0 Å². The molecule has 0 unspecified atom stereocenters. The third kappa shape index (κ3) is 5.01. The SMILES string of the molecule is Cn1nc(-c2ccc(C(=O)NCc3ccccc3)cc2)sc1=NC1CCCCC1. The minimum absolute atomic E-state index is 0.0712. The molecular weight excluding hydrogens is 380 g/mol. The van der Waals surface area contributed by atoms with Crippen molar-refractivity contribution in [3.8, 4) is 10.6 Å². The third-order valence-corrected chi connectivity index (χ3v) is 6.33. The maximum absolute atomic E-state index is 12.4. The van der Waals surface area contributed by atoms with Crippen LogP contribution in [0, 0.1) is 0 Å². The monoisotopic (exact) mass is 406 g/mol. The van der Waals surface area contributed by atoms with Crippen molar-refractivity contribution >= 4 is 17.2 Å². The number of rotatable bonds is 5. The first-order valence-electron chi connectivity index (χ1n) is 10.2. The quantitative estimate of drug-likeness (QED) is 0.686. The van der Waals surface area contributed by atoms with Gasteiger partial charge in [-0.1, -0.05) is 73.1 Å². The Balaban J connectivity index is 1.44. The second-order valence-electron chi connectivity index (χ2n) is 7.48. The molecule has 6 heteroatoms. The van der Waals surface area contributed by atoms with Crippen molar-refractivity contribution in [3.63, 3.8) is 0 Å². The summed E-state index contributed by atoms with van der Waals surface area (Å²) in [7, 11) is 1.95. The molecule has 0 bridgehead atoms. The standard InChI is InChI=1S/C23H26N4OS/c1-27-23(25-20-10-6-3-7-11-20)29-22(26-27)19-14-12-18(13-15-19)21(28)24-16-17-8-4-2-5-9-17/h2,4-5,8-9,12-15,20H,3,6-7,10-11,16H2,1H3,(H,24,28). The van der Waals surface area contributed by atoms with E-state index in [1.54, 1.807) is 11.3 Å². The van der Waals surface area contributed by atoms with Crippen LogP contribution in [0.15, 0.2) is 59.6 Å². The molecule has 2 aromatic carbocycles. The lowest BCUT2D eigenvalue weighted by Crippen LogP contribution is -2.22. The highest BCUT2D eigenvalue weighted by Gasteiger charge is 2.13. The lowest BCUT2D eigenvalue weighted by Gasteiger charge is -2.16. The summed E-state index contributed by atoms with van der Waals surface area (Å²) in [6, 6.07) is 18.0. The molecule has 3 aromatic rings. The molecule has 5 nitrogen and oxygen atoms in total. The zero-order valence-electron chi connectivity index (χ0n) is 16.7. The highest BCUT2D eigenvalue weighted by atomic mass is 32.1. The van der Waals surface area contributed by atoms with Crippen LogP contribution in [0.25, 0.3) is 10.6 Å². The summed E-state index contributed by atoms with van der Waals surface area (Å²) in [5.74, 6) is -0.0712. The summed E-state index contributed by atoms with van der Waals surface area (Å²) in [5, 5.41) is 8.53. The van der Waals surface area contributed by atoms with Crippen LogP contribution in [0.1, 0.15) is 48.0 Å². The summed E-state index contributed by atoms with van der Waals surface area (Å²) in [6.45, 7) is 0.524. The molecule has 4 rings (SSSR count). The van der Waals surface area contributed by atoms with Gasteiger partial charge in [-0.2, -0.15) is 5.10 Å². The topological polar surface area (TPSA) is 59.3 Å². The molecule has 1 amide bonds. The first kappa shape index (κ1) is 19.6. The maximum atomic E-state index is 12.4. The molecule has 0 spiro atoms. The van der Waals surface area contributed by atoms with Crippen molar-refractivity contribution in [3.05, 3.63) is 70.5 Å². The molecule has 150 valence electrons. The average Bonchev–Trinajstić information content (AvgIpc) is 3.14. The Morgan fingerprint density at radius 1 is 1.10 bits per heavy atom. The minimum Gasteiger partial charge on any atom is -0.348 e. The Morgan fingerprint density at radius 3 is 2.55 bits per heavy atom. The van der Waals surface area contributed by atoms with Crippen molar-refractivity contribution in [1.29, 1.82) is 0 Å². The summed E-state index contributed by atoms with van der Waals surface area (Å²) in [5.41, 5.74) is 2.75. The predicted molar refractivity (Wildman–Crippen MR) is 117 cm³/mol. The van der Waals surface area contributed by atoms with E-state index in [0.717, 1.165) is 20.9 Å². The third-order valence-electron chi connectivity index (χ3n) is 5.26. The molecule has 1 fully saturated rings. The number of carbonyl (C=O) groups excluding carboxylic acids is 1. The predicted octanol–water partition coefficient (Wildman–Crippen LogP) is 4.31. The summed E-state index contributed by atoms with van der Waals surface area (Å²) in [6.07, 6.45) is 6.24. The fraction of sp³-hybridized carbons (Fsp3) is 0.348. The van der Waals surface area contributed by atoms with E-state index in [-0.39, 0.29) is 5.91 Å². The van der Waals surface area contributed by atoms with Gasteiger partial charge in [0.15, 0.2) is 0 Å². The van der Waals surface area contributed by atoms with Gasteiger partial charge in [-0.15, -0.1) is 0 Å². The molecule has 0 aliphatic heterocycles. The highest BCUT2D eigenvalue weighted by molar-refractivity contribution is 7.12. The van der Waals surface area contributed by atoms with Gasteiger partial charge in [-0.25, -0.2) is 4.68 Å². The normalized spacial score (nSPS) is 15.4. The van der Waals surface area contributed by atoms with Gasteiger partial charge in [0.25, 0.3) is 5.91 Å². The molecule has 0 radical (unpaired) electrons. The van der Waals surface area contributed by atoms with Crippen molar-refractivity contribution in [2.75, 3.05) is 0 Å². The van der Waals surface area contributed by atoms with Crippen LogP contribution in [0.3, 0.4) is 0 Å². The van der Waals surface area contributed by atoms with Gasteiger partial charge in [0.2, 0.25) is 4.80 Å². The van der Waals surface area contributed by atoms with E-state index >= 15 is 0 Å². The molecule has 29 heavy (non-hydrogen) atoms. The number of amides is 1. The van der Waals surface area contributed by atoms with Crippen molar-refractivity contribution in [1.82, 2.24) is 15.1 Å². The number of nitrogens with one attached hydrogen (secondary N) is 1. The number of nitrogens with zero attached hydrogens (tertiary/aromatic N) is 3. The van der Waals surface area contributed by atoms with E-state index in [9.17, 15) is 4.79 Å². The van der Waals surface area contributed by atoms with Crippen LogP contribution >= 0.6 is 11.3 Å². The van der Waals surface area contributed by atoms with Crippen LogP contribution in [0.4, 0.5) is 0 Å². The molecule has 0 atom stereocenters. The lowest BCUT2D eigenvalue weighted by molar-refractivity contribution is 0.0951. The zero-order valence-corrected chi connectivity index (χ0v) is 17.5. The Hall–Kier alpha value is -2.73. The summed E-state index contributed by atoms with van der Waals surface area (Å²) in [4.78, 5) is 18.3. The van der Waals surface area contributed by atoms with Crippen LogP contribution < -0.4 is 10.1 Å². The van der Waals surface area contributed by atoms with Crippen LogP contribution in [0.2, 0.25) is 0 Å². The van der Waals surface area contributed by atoms with Crippen LogP contribution in [-0.2, 0) is 13.6 Å². The first-order valence-corrected chi connectivity index (χ1v) is 11.0. The first-order chi connectivity index (χ1) is 14.2. The second-order valence-corrected chi connectivity index (χ2v) is 8.44. The number of hydrogen-bond acceptors (Lipinski definition) is 4. The van der Waals surface area contributed by atoms with Crippen LogP contribution in [0.5, 0.6) is 0 Å². The number of aromatic nitrogens is 2. The van der Waals surface area contributed by atoms with E-state index in [4.69, 9.17) is 4.99 Å². The summed E-state index contributed by atoms with van der Waals surface area (Å²) >= 11 is 1.61. The fourth-order valence-electron chi connectivity index (χ4n) is 3.59. The van der Waals surface area contributed by atoms with Gasteiger partial charge in [0, 0.05) is 24.7 Å². The minimum atomic E-state index is -0.0712. The van der Waals surface area contributed by atoms with Crippen molar-refractivity contribution in [2.24, 2.45) is 12.0 Å². The maximum Gasteiger partial charge on any atom is 0.251 e. The Morgan fingerprint density at radius 2 is 1.83 bits per heavy atom. The number of aryl methyl sites for hydroxylation is 1. The molecule has 1 aliphatic rings. The Bertz CT molecular complexity index is 1020. The smallest absolute Gasteiger partial charge is 0.251 e. The van der Waals surface area contributed by atoms with Gasteiger partial charge in [-0.05, 0) is 30.5 Å². The Kier molecular flexibility index (Phi) is 6.20. The highest BCUT2D eigenvalue weighted by Crippen LogP contribution is 2.22. The van der Waals surface area contributed by atoms with E-state index in [2.05, 4.69) is 10.4 Å². The fourth-order valence-corrected chi connectivity index (χ4v) is 4.55. The molecule has 0 saturated heterocycles. The molecule has 1 N–H and O–H groups in total. The van der Waals surface area contributed by atoms with E-state index in [0.29, 0.717) is 18.2 Å². The molecule has 1 aliphatic carbocycles. The number of hydrogen-bond donors (Lipinski definition) is 1. The largest absolute Gasteiger partial charge is 0.348 e. The second kappa shape index (κ2) is 9.18. The zero-order chi connectivity index (χ0) is 20.1. The van der Waals surface area contributed by atoms with Gasteiger partial charge >= 0.3 is 0 Å². The van der Waals surface area contributed by atoms with Gasteiger partial charge in [0.1, 0.15) is 5.01 Å². The Labute approximate surface area is 175 Å². The molecule has 1 heterocycles. The van der Waals surface area contributed by atoms with Gasteiger partial charge in [-0.3, -0.25) is 9.79 Å². The number of carbonyl (C=O) groups is 1. The van der Waals surface area contributed by atoms with Gasteiger partial charge < -0.3 is 5.32 Å². The lowest BCUT2D eigenvalue weighted by atomic mass is 9.96. The van der Waals surface area contributed by atoms with Crippen molar-refractivity contribution in [2.45, 2.75) is 44.7 Å². The molecular formula is C23H26N4OS. The van der Waals surface area contributed by atoms with Crippen molar-refractivity contribution < 1.29 is 4.79 Å².